The molecule has 1 aromatic heterocycles. The lowest BCUT2D eigenvalue weighted by Crippen LogP contribution is -2.55. The molecule has 1 unspecified atom stereocenters. The maximum absolute atomic E-state index is 11.0. The number of imidazole rings is 1. The van der Waals surface area contributed by atoms with Crippen LogP contribution < -0.4 is 0 Å². The normalized spacial score (nSPS) is 19.3. The third-order valence-electron chi connectivity index (χ3n) is 5.13. The average Bonchev–Trinajstić information content (AvgIpc) is 3.12. The molecule has 0 spiro atoms. The van der Waals surface area contributed by atoms with Crippen molar-refractivity contribution in [3.63, 3.8) is 0 Å². The fourth-order valence-electron chi connectivity index (χ4n) is 4.04. The molecule has 120 valence electrons. The van der Waals surface area contributed by atoms with Crippen LogP contribution in [-0.2, 0) is 13.0 Å². The highest BCUT2D eigenvalue weighted by atomic mass is 16.3. The second kappa shape index (κ2) is 7.41. The maximum Gasteiger partial charge on any atom is 0.111 e. The van der Waals surface area contributed by atoms with E-state index < -0.39 is 0 Å². The summed E-state index contributed by atoms with van der Waals surface area (Å²) in [7, 11) is 0. The molecule has 1 aliphatic carbocycles. The second-order valence-electron chi connectivity index (χ2n) is 6.24. The summed E-state index contributed by atoms with van der Waals surface area (Å²) in [4.78, 5) is 6.94. The van der Waals surface area contributed by atoms with Crippen LogP contribution in [0.15, 0.2) is 12.4 Å². The zero-order valence-electron chi connectivity index (χ0n) is 13.9. The summed E-state index contributed by atoms with van der Waals surface area (Å²) in [6.07, 6.45) is 10.0. The first kappa shape index (κ1) is 16.5. The standard InChI is InChI=1S/C17H31N3O/c1-4-12-19-13-11-18-16(19)14-15(21)17(9-7-8-10-17)20(5-2)6-3/h11,13,15,21H,4-10,12,14H2,1-3H3. The van der Waals surface area contributed by atoms with E-state index in [0.29, 0.717) is 6.42 Å². The van der Waals surface area contributed by atoms with E-state index in [1.165, 1.54) is 12.8 Å². The number of rotatable bonds is 8. The van der Waals surface area contributed by atoms with Gasteiger partial charge in [0.1, 0.15) is 5.82 Å². The van der Waals surface area contributed by atoms with Gasteiger partial charge in [0.25, 0.3) is 0 Å². The van der Waals surface area contributed by atoms with Crippen molar-refractivity contribution in [3.05, 3.63) is 18.2 Å². The van der Waals surface area contributed by atoms with Crippen LogP contribution in [0.4, 0.5) is 0 Å². The molecule has 4 heteroatoms. The Balaban J connectivity index is 2.15. The molecule has 0 aliphatic heterocycles. The van der Waals surface area contributed by atoms with Crippen LogP contribution in [0, 0.1) is 0 Å². The lowest BCUT2D eigenvalue weighted by molar-refractivity contribution is -0.0257. The van der Waals surface area contributed by atoms with Gasteiger partial charge in [-0.2, -0.15) is 0 Å². The van der Waals surface area contributed by atoms with Crippen LogP contribution in [0.1, 0.15) is 58.7 Å². The van der Waals surface area contributed by atoms with Gasteiger partial charge in [0.2, 0.25) is 0 Å². The summed E-state index contributed by atoms with van der Waals surface area (Å²) in [5, 5.41) is 11.0. The van der Waals surface area contributed by atoms with Crippen molar-refractivity contribution in [2.75, 3.05) is 13.1 Å². The van der Waals surface area contributed by atoms with Crippen molar-refractivity contribution in [1.29, 1.82) is 0 Å². The zero-order valence-corrected chi connectivity index (χ0v) is 13.9. The van der Waals surface area contributed by atoms with E-state index in [0.717, 1.165) is 44.7 Å². The second-order valence-corrected chi connectivity index (χ2v) is 6.24. The van der Waals surface area contributed by atoms with Crippen molar-refractivity contribution >= 4 is 0 Å². The van der Waals surface area contributed by atoms with Gasteiger partial charge in [0, 0.05) is 30.9 Å². The number of aliphatic hydroxyl groups is 1. The molecule has 1 N–H and O–H groups in total. The van der Waals surface area contributed by atoms with Crippen molar-refractivity contribution in [3.8, 4) is 0 Å². The third-order valence-corrected chi connectivity index (χ3v) is 5.13. The van der Waals surface area contributed by atoms with Gasteiger partial charge in [0.05, 0.1) is 6.10 Å². The van der Waals surface area contributed by atoms with Gasteiger partial charge in [-0.25, -0.2) is 4.98 Å². The molecule has 0 bridgehead atoms. The van der Waals surface area contributed by atoms with Crippen LogP contribution in [-0.4, -0.2) is 44.3 Å². The van der Waals surface area contributed by atoms with E-state index in [-0.39, 0.29) is 11.6 Å². The van der Waals surface area contributed by atoms with Crippen LogP contribution >= 0.6 is 0 Å². The summed E-state index contributed by atoms with van der Waals surface area (Å²) in [6.45, 7) is 9.59. The first-order chi connectivity index (χ1) is 10.2. The molecule has 1 saturated carbocycles. The van der Waals surface area contributed by atoms with E-state index in [1.54, 1.807) is 0 Å². The predicted octanol–water partition coefficient (Wildman–Crippen LogP) is 2.85. The summed E-state index contributed by atoms with van der Waals surface area (Å²) >= 11 is 0. The summed E-state index contributed by atoms with van der Waals surface area (Å²) in [5.74, 6) is 1.03. The Bertz CT molecular complexity index is 419. The molecular formula is C17H31N3O. The molecule has 1 aromatic rings. The largest absolute Gasteiger partial charge is 0.391 e. The molecule has 0 amide bonds. The Morgan fingerprint density at radius 2 is 1.95 bits per heavy atom. The number of likely N-dealkylation sites (N-methyl/N-ethyl adjacent to an activating group) is 1. The molecule has 0 aromatic carbocycles. The summed E-state index contributed by atoms with van der Waals surface area (Å²) in [6, 6.07) is 0. The first-order valence-electron chi connectivity index (χ1n) is 8.61. The molecule has 1 atom stereocenters. The molecule has 1 fully saturated rings. The minimum atomic E-state index is -0.321. The van der Waals surface area contributed by atoms with Crippen LogP contribution in [0.5, 0.6) is 0 Å². The van der Waals surface area contributed by atoms with Gasteiger partial charge in [-0.1, -0.05) is 33.6 Å². The molecule has 1 aliphatic rings. The van der Waals surface area contributed by atoms with Gasteiger partial charge < -0.3 is 9.67 Å². The Hall–Kier alpha value is -0.870. The van der Waals surface area contributed by atoms with Gasteiger partial charge in [-0.15, -0.1) is 0 Å². The Labute approximate surface area is 129 Å². The number of aliphatic hydroxyl groups excluding tert-OH is 1. The van der Waals surface area contributed by atoms with Crippen molar-refractivity contribution in [1.82, 2.24) is 14.5 Å². The number of hydrogen-bond donors (Lipinski definition) is 1. The van der Waals surface area contributed by atoms with Gasteiger partial charge in [-0.3, -0.25) is 4.90 Å². The molecule has 4 nitrogen and oxygen atoms in total. The highest BCUT2D eigenvalue weighted by molar-refractivity contribution is 5.05. The van der Waals surface area contributed by atoms with Gasteiger partial charge in [0.15, 0.2) is 0 Å². The maximum atomic E-state index is 11.0. The van der Waals surface area contributed by atoms with Crippen molar-refractivity contribution in [2.45, 2.75) is 77.5 Å². The van der Waals surface area contributed by atoms with E-state index in [4.69, 9.17) is 0 Å². The first-order valence-corrected chi connectivity index (χ1v) is 8.61. The summed E-state index contributed by atoms with van der Waals surface area (Å²) < 4.78 is 2.19. The fourth-order valence-corrected chi connectivity index (χ4v) is 4.04. The Morgan fingerprint density at radius 1 is 1.29 bits per heavy atom. The van der Waals surface area contributed by atoms with Gasteiger partial charge >= 0.3 is 0 Å². The van der Waals surface area contributed by atoms with Crippen LogP contribution in [0.2, 0.25) is 0 Å². The lowest BCUT2D eigenvalue weighted by atomic mass is 9.86. The molecule has 0 radical (unpaired) electrons. The topological polar surface area (TPSA) is 41.3 Å². The lowest BCUT2D eigenvalue weighted by Gasteiger charge is -2.44. The monoisotopic (exact) mass is 293 g/mol. The third kappa shape index (κ3) is 3.32. The van der Waals surface area contributed by atoms with Crippen LogP contribution in [0.25, 0.3) is 0 Å². The van der Waals surface area contributed by atoms with Crippen molar-refractivity contribution < 1.29 is 5.11 Å². The zero-order chi connectivity index (χ0) is 15.3. The SMILES string of the molecule is CCCn1ccnc1CC(O)C1(N(CC)CC)CCCC1. The quantitative estimate of drug-likeness (QED) is 0.801. The molecular weight excluding hydrogens is 262 g/mol. The van der Waals surface area contributed by atoms with E-state index in [9.17, 15) is 5.11 Å². The number of aromatic nitrogens is 2. The fraction of sp³-hybridized carbons (Fsp3) is 0.824. The van der Waals surface area contributed by atoms with Crippen molar-refractivity contribution in [2.24, 2.45) is 0 Å². The summed E-state index contributed by atoms with van der Waals surface area (Å²) in [5.41, 5.74) is -0.0352. The number of hydrogen-bond acceptors (Lipinski definition) is 3. The van der Waals surface area contributed by atoms with E-state index in [1.807, 2.05) is 12.4 Å². The van der Waals surface area contributed by atoms with E-state index >= 15 is 0 Å². The van der Waals surface area contributed by atoms with Crippen LogP contribution in [0.3, 0.4) is 0 Å². The number of nitrogens with zero attached hydrogens (tertiary/aromatic N) is 3. The Kier molecular flexibility index (Phi) is 5.82. The minimum absolute atomic E-state index is 0.0352. The smallest absolute Gasteiger partial charge is 0.111 e. The minimum Gasteiger partial charge on any atom is -0.391 e. The molecule has 2 rings (SSSR count). The Morgan fingerprint density at radius 3 is 2.52 bits per heavy atom. The highest BCUT2D eigenvalue weighted by Crippen LogP contribution is 2.39. The molecule has 0 saturated heterocycles. The van der Waals surface area contributed by atoms with Gasteiger partial charge in [-0.05, 0) is 32.4 Å². The number of aryl methyl sites for hydroxylation is 1. The van der Waals surface area contributed by atoms with E-state index in [2.05, 4.69) is 35.2 Å². The molecule has 21 heavy (non-hydrogen) atoms. The molecule has 1 heterocycles. The average molecular weight is 293 g/mol. The predicted molar refractivity (Wildman–Crippen MR) is 86.3 cm³/mol. The highest BCUT2D eigenvalue weighted by Gasteiger charge is 2.44.